The molecule has 0 saturated carbocycles. The number of hydrogen-bond acceptors (Lipinski definition) is 4. The van der Waals surface area contributed by atoms with Crippen LogP contribution in [0.2, 0.25) is 5.02 Å². The summed E-state index contributed by atoms with van der Waals surface area (Å²) in [6, 6.07) is 22.4. The molecule has 0 radical (unpaired) electrons. The third kappa shape index (κ3) is 3.97. The SMILES string of the molecule is COc1ccc([C@@H]2CC(=O)C3=C(C2)Nc2ccccc2N(C(C)=O)[C@H]3c2ccc(Cl)cc2)cc1. The molecule has 3 aromatic carbocycles. The summed E-state index contributed by atoms with van der Waals surface area (Å²) in [6.45, 7) is 1.54. The number of rotatable bonds is 3. The number of allylic oxidation sites excluding steroid dienone is 1. The predicted molar refractivity (Wildman–Crippen MR) is 134 cm³/mol. The van der Waals surface area contributed by atoms with Gasteiger partial charge in [0.2, 0.25) is 5.91 Å². The monoisotopic (exact) mass is 472 g/mol. The minimum atomic E-state index is -0.537. The van der Waals surface area contributed by atoms with Crippen molar-refractivity contribution in [1.82, 2.24) is 0 Å². The van der Waals surface area contributed by atoms with Gasteiger partial charge < -0.3 is 10.1 Å². The highest BCUT2D eigenvalue weighted by molar-refractivity contribution is 6.30. The summed E-state index contributed by atoms with van der Waals surface area (Å²) in [6.07, 6.45) is 1.04. The summed E-state index contributed by atoms with van der Waals surface area (Å²) in [5, 5.41) is 4.13. The molecular formula is C28H25ClN2O3. The van der Waals surface area contributed by atoms with Gasteiger partial charge in [-0.2, -0.15) is 0 Å². The zero-order chi connectivity index (χ0) is 23.8. The second-order valence-corrected chi connectivity index (χ2v) is 9.12. The van der Waals surface area contributed by atoms with Crippen molar-refractivity contribution in [1.29, 1.82) is 0 Å². The Balaban J connectivity index is 1.66. The molecule has 1 amide bonds. The van der Waals surface area contributed by atoms with Crippen LogP contribution in [-0.4, -0.2) is 18.8 Å². The standard InChI is InChI=1S/C28H25ClN2O3/c1-17(32)31-25-6-4-3-5-23(25)30-24-15-20(18-9-13-22(34-2)14-10-18)16-26(33)27(24)28(31)19-7-11-21(29)12-8-19/h3-14,20,28,30H,15-16H2,1-2H3/t20-,28-/m0/s1. The summed E-state index contributed by atoms with van der Waals surface area (Å²) >= 11 is 6.16. The molecule has 0 spiro atoms. The van der Waals surface area contributed by atoms with E-state index in [1.165, 1.54) is 0 Å². The minimum Gasteiger partial charge on any atom is -0.497 e. The third-order valence-corrected chi connectivity index (χ3v) is 6.85. The molecule has 1 heterocycles. The fraction of sp³-hybridized carbons (Fsp3) is 0.214. The molecule has 0 bridgehead atoms. The van der Waals surface area contributed by atoms with Gasteiger partial charge in [-0.3, -0.25) is 14.5 Å². The van der Waals surface area contributed by atoms with E-state index in [9.17, 15) is 9.59 Å². The molecule has 5 rings (SSSR count). The van der Waals surface area contributed by atoms with Gasteiger partial charge in [0.05, 0.1) is 24.5 Å². The first-order valence-electron chi connectivity index (χ1n) is 11.3. The molecule has 0 aromatic heterocycles. The van der Waals surface area contributed by atoms with Crippen LogP contribution in [0.15, 0.2) is 84.1 Å². The van der Waals surface area contributed by atoms with E-state index >= 15 is 0 Å². The molecule has 34 heavy (non-hydrogen) atoms. The Kier molecular flexibility index (Phi) is 5.88. The van der Waals surface area contributed by atoms with Crippen LogP contribution in [0.3, 0.4) is 0 Å². The van der Waals surface area contributed by atoms with Gasteiger partial charge in [-0.1, -0.05) is 48.0 Å². The molecule has 1 N–H and O–H groups in total. The molecule has 172 valence electrons. The van der Waals surface area contributed by atoms with Crippen LogP contribution in [0.1, 0.15) is 42.9 Å². The quantitative estimate of drug-likeness (QED) is 0.488. The third-order valence-electron chi connectivity index (χ3n) is 6.60. The average molecular weight is 473 g/mol. The van der Waals surface area contributed by atoms with Crippen LogP contribution in [0.5, 0.6) is 5.75 Å². The molecule has 1 aliphatic heterocycles. The molecule has 2 aliphatic rings. The van der Waals surface area contributed by atoms with Crippen molar-refractivity contribution in [2.75, 3.05) is 17.3 Å². The highest BCUT2D eigenvalue weighted by Crippen LogP contribution is 2.47. The van der Waals surface area contributed by atoms with Gasteiger partial charge in [-0.15, -0.1) is 0 Å². The number of benzene rings is 3. The van der Waals surface area contributed by atoms with E-state index in [0.29, 0.717) is 23.4 Å². The van der Waals surface area contributed by atoms with E-state index in [4.69, 9.17) is 16.3 Å². The fourth-order valence-corrected chi connectivity index (χ4v) is 5.14. The number of carbonyl (C=O) groups excluding carboxylic acids is 2. The van der Waals surface area contributed by atoms with Crippen LogP contribution in [0.25, 0.3) is 0 Å². The fourth-order valence-electron chi connectivity index (χ4n) is 5.01. The van der Waals surface area contributed by atoms with Gasteiger partial charge in [-0.05, 0) is 59.9 Å². The number of anilines is 2. The number of amides is 1. The largest absolute Gasteiger partial charge is 0.497 e. The van der Waals surface area contributed by atoms with E-state index in [1.807, 2.05) is 60.7 Å². The van der Waals surface area contributed by atoms with Crippen molar-refractivity contribution in [3.8, 4) is 5.75 Å². The second kappa shape index (κ2) is 8.99. The first-order valence-corrected chi connectivity index (χ1v) is 11.7. The van der Waals surface area contributed by atoms with Crippen molar-refractivity contribution < 1.29 is 14.3 Å². The summed E-state index contributed by atoms with van der Waals surface area (Å²) in [5.41, 5.74) is 4.99. The minimum absolute atomic E-state index is 0.0339. The van der Waals surface area contributed by atoms with Crippen molar-refractivity contribution in [2.24, 2.45) is 0 Å². The molecule has 5 nitrogen and oxygen atoms in total. The maximum absolute atomic E-state index is 13.8. The lowest BCUT2D eigenvalue weighted by molar-refractivity contribution is -0.117. The van der Waals surface area contributed by atoms with Crippen molar-refractivity contribution >= 4 is 34.7 Å². The summed E-state index contributed by atoms with van der Waals surface area (Å²) in [4.78, 5) is 28.5. The summed E-state index contributed by atoms with van der Waals surface area (Å²) < 4.78 is 5.29. The van der Waals surface area contributed by atoms with Gasteiger partial charge in [0, 0.05) is 29.6 Å². The van der Waals surface area contributed by atoms with E-state index in [0.717, 1.165) is 33.9 Å². The highest BCUT2D eigenvalue weighted by Gasteiger charge is 2.40. The Hall–Kier alpha value is -3.57. The van der Waals surface area contributed by atoms with Gasteiger partial charge in [0.1, 0.15) is 5.75 Å². The number of ketones is 1. The molecule has 6 heteroatoms. The predicted octanol–water partition coefficient (Wildman–Crippen LogP) is 6.27. The average Bonchev–Trinajstić information content (AvgIpc) is 2.99. The van der Waals surface area contributed by atoms with Gasteiger partial charge in [-0.25, -0.2) is 0 Å². The highest BCUT2D eigenvalue weighted by atomic mass is 35.5. The van der Waals surface area contributed by atoms with Crippen LogP contribution in [0, 0.1) is 0 Å². The van der Waals surface area contributed by atoms with Crippen LogP contribution in [-0.2, 0) is 9.59 Å². The van der Waals surface area contributed by atoms with Gasteiger partial charge in [0.25, 0.3) is 0 Å². The lowest BCUT2D eigenvalue weighted by atomic mass is 9.78. The Bertz CT molecular complexity index is 1280. The summed E-state index contributed by atoms with van der Waals surface area (Å²) in [5.74, 6) is 0.723. The number of nitrogens with zero attached hydrogens (tertiary/aromatic N) is 1. The van der Waals surface area contributed by atoms with Crippen molar-refractivity contribution in [3.63, 3.8) is 0 Å². The number of methoxy groups -OCH3 is 1. The van der Waals surface area contributed by atoms with Crippen molar-refractivity contribution in [2.45, 2.75) is 31.7 Å². The second-order valence-electron chi connectivity index (χ2n) is 8.68. The topological polar surface area (TPSA) is 58.6 Å². The Labute approximate surface area is 204 Å². The maximum Gasteiger partial charge on any atom is 0.224 e. The summed E-state index contributed by atoms with van der Waals surface area (Å²) in [7, 11) is 1.64. The molecule has 2 atom stereocenters. The first kappa shape index (κ1) is 22.2. The van der Waals surface area contributed by atoms with Crippen LogP contribution >= 0.6 is 11.6 Å². The van der Waals surface area contributed by atoms with Crippen LogP contribution in [0.4, 0.5) is 11.4 Å². The number of ether oxygens (including phenoxy) is 1. The van der Waals surface area contributed by atoms with Crippen molar-refractivity contribution in [3.05, 3.63) is 100 Å². The van der Waals surface area contributed by atoms with E-state index in [2.05, 4.69) is 5.32 Å². The van der Waals surface area contributed by atoms with Gasteiger partial charge in [0.15, 0.2) is 5.78 Å². The van der Waals surface area contributed by atoms with E-state index in [1.54, 1.807) is 31.1 Å². The molecule has 0 saturated heterocycles. The number of Topliss-reactive ketones (excluding diaryl/α,β-unsaturated/α-hetero) is 1. The Morgan fingerprint density at radius 1 is 0.971 bits per heavy atom. The zero-order valence-corrected chi connectivity index (χ0v) is 19.8. The molecular weight excluding hydrogens is 448 g/mol. The molecule has 3 aromatic rings. The Morgan fingerprint density at radius 3 is 2.32 bits per heavy atom. The Morgan fingerprint density at radius 2 is 1.65 bits per heavy atom. The lowest BCUT2D eigenvalue weighted by Gasteiger charge is -2.34. The molecule has 1 aliphatic carbocycles. The molecule has 0 unspecified atom stereocenters. The number of fused-ring (bicyclic) bond motifs is 1. The van der Waals surface area contributed by atoms with E-state index in [-0.39, 0.29) is 17.6 Å². The number of nitrogens with one attached hydrogen (secondary N) is 1. The normalized spacial score (nSPS) is 19.6. The van der Waals surface area contributed by atoms with Crippen LogP contribution < -0.4 is 15.0 Å². The van der Waals surface area contributed by atoms with E-state index < -0.39 is 6.04 Å². The first-order chi connectivity index (χ1) is 16.5. The number of halogens is 1. The zero-order valence-electron chi connectivity index (χ0n) is 19.0. The number of carbonyl (C=O) groups is 2. The lowest BCUT2D eigenvalue weighted by Crippen LogP contribution is -2.37. The van der Waals surface area contributed by atoms with Gasteiger partial charge >= 0.3 is 0 Å². The smallest absolute Gasteiger partial charge is 0.224 e. The number of hydrogen-bond donors (Lipinski definition) is 1. The molecule has 0 fully saturated rings. The maximum atomic E-state index is 13.8. The number of para-hydroxylation sites is 2.